The van der Waals surface area contributed by atoms with Crippen molar-refractivity contribution < 1.29 is 18.8 Å². The van der Waals surface area contributed by atoms with Gasteiger partial charge in [-0.05, 0) is 23.8 Å². The van der Waals surface area contributed by atoms with Crippen molar-refractivity contribution in [3.8, 4) is 11.5 Å². The highest BCUT2D eigenvalue weighted by molar-refractivity contribution is 5.92. The van der Waals surface area contributed by atoms with Gasteiger partial charge in [0.2, 0.25) is 0 Å². The van der Waals surface area contributed by atoms with E-state index in [1.165, 1.54) is 6.20 Å². The Labute approximate surface area is 180 Å². The van der Waals surface area contributed by atoms with E-state index in [4.69, 9.17) is 9.26 Å². The molecule has 2 heterocycles. The monoisotopic (exact) mass is 423 g/mol. The maximum atomic E-state index is 12.1. The molecule has 0 spiro atoms. The minimum Gasteiger partial charge on any atom is -0.457 e. The number of carbonyl (C=O) groups is 2. The third-order valence-electron chi connectivity index (χ3n) is 4.29. The van der Waals surface area contributed by atoms with E-state index in [-0.39, 0.29) is 23.0 Å². The van der Waals surface area contributed by atoms with Gasteiger partial charge in [-0.3, -0.25) is 15.1 Å². The van der Waals surface area contributed by atoms with Crippen molar-refractivity contribution in [2.24, 2.45) is 0 Å². The lowest BCUT2D eigenvalue weighted by Crippen LogP contribution is -2.28. The van der Waals surface area contributed by atoms with Crippen LogP contribution in [0.5, 0.6) is 11.5 Å². The van der Waals surface area contributed by atoms with E-state index in [2.05, 4.69) is 26.1 Å². The lowest BCUT2D eigenvalue weighted by atomic mass is 9.93. The molecule has 0 aliphatic rings. The van der Waals surface area contributed by atoms with Gasteiger partial charge in [0.25, 0.3) is 5.91 Å². The summed E-state index contributed by atoms with van der Waals surface area (Å²) < 4.78 is 11.0. The van der Waals surface area contributed by atoms with Gasteiger partial charge in [-0.25, -0.2) is 4.79 Å². The normalized spacial score (nSPS) is 11.0. The number of anilines is 1. The first-order valence-corrected chi connectivity index (χ1v) is 9.71. The molecule has 9 heteroatoms. The fraction of sp³-hybridized carbons (Fsp3) is 0.273. The summed E-state index contributed by atoms with van der Waals surface area (Å²) >= 11 is 0. The molecule has 0 fully saturated rings. The van der Waals surface area contributed by atoms with Crippen molar-refractivity contribution in [1.29, 1.82) is 0 Å². The zero-order chi connectivity index (χ0) is 22.4. The molecule has 3 amide bonds. The van der Waals surface area contributed by atoms with Gasteiger partial charge < -0.3 is 19.9 Å². The van der Waals surface area contributed by atoms with Crippen LogP contribution < -0.4 is 20.7 Å². The number of nitrogens with zero attached hydrogens (tertiary/aromatic N) is 2. The molecular formula is C22H25N5O4. The predicted octanol–water partition coefficient (Wildman–Crippen LogP) is 3.84. The number of ether oxygens (including phenoxy) is 1. The lowest BCUT2D eigenvalue weighted by molar-refractivity contribution is 0.0958. The third kappa shape index (κ3) is 6.05. The lowest BCUT2D eigenvalue weighted by Gasteiger charge is -2.12. The van der Waals surface area contributed by atoms with Gasteiger partial charge in [0, 0.05) is 37.3 Å². The molecule has 0 saturated carbocycles. The number of hydrogen-bond acceptors (Lipinski definition) is 6. The van der Waals surface area contributed by atoms with Crippen molar-refractivity contribution in [2.75, 3.05) is 12.4 Å². The Hall–Kier alpha value is -3.88. The number of amides is 3. The van der Waals surface area contributed by atoms with Crippen molar-refractivity contribution >= 4 is 17.8 Å². The molecule has 3 N–H and O–H groups in total. The van der Waals surface area contributed by atoms with Gasteiger partial charge in [0.15, 0.2) is 5.82 Å². The third-order valence-corrected chi connectivity index (χ3v) is 4.29. The molecule has 162 valence electrons. The second-order valence-corrected chi connectivity index (χ2v) is 7.84. The minimum absolute atomic E-state index is 0.187. The molecule has 1 aromatic carbocycles. The summed E-state index contributed by atoms with van der Waals surface area (Å²) in [6.07, 6.45) is 1.51. The molecule has 0 aliphatic heterocycles. The van der Waals surface area contributed by atoms with Gasteiger partial charge in [-0.15, -0.1) is 0 Å². The van der Waals surface area contributed by atoms with E-state index < -0.39 is 0 Å². The summed E-state index contributed by atoms with van der Waals surface area (Å²) in [6, 6.07) is 11.8. The van der Waals surface area contributed by atoms with Crippen LogP contribution in [0.4, 0.5) is 10.6 Å². The Morgan fingerprint density at radius 1 is 1.06 bits per heavy atom. The molecular weight excluding hydrogens is 398 g/mol. The average molecular weight is 423 g/mol. The molecule has 0 unspecified atom stereocenters. The standard InChI is InChI=1S/C22H25N5O4/c1-22(2,3)18-12-19(27-31-18)26-21(29)25-13-14-5-7-15(8-6-14)30-16-9-10-24-17(11-16)20(28)23-4/h5-12H,13H2,1-4H3,(H,23,28)(H2,25,26,27,29). The smallest absolute Gasteiger partial charge is 0.320 e. The van der Waals surface area contributed by atoms with Crippen molar-refractivity contribution in [2.45, 2.75) is 32.7 Å². The summed E-state index contributed by atoms with van der Waals surface area (Å²) in [5.74, 6) is 1.86. The Morgan fingerprint density at radius 2 is 1.81 bits per heavy atom. The SMILES string of the molecule is CNC(=O)c1cc(Oc2ccc(CNC(=O)Nc3cc(C(C)(C)C)on3)cc2)ccn1. The van der Waals surface area contributed by atoms with Gasteiger partial charge in [-0.1, -0.05) is 38.1 Å². The van der Waals surface area contributed by atoms with E-state index in [0.717, 1.165) is 5.56 Å². The van der Waals surface area contributed by atoms with Crippen LogP contribution in [0.1, 0.15) is 42.6 Å². The Bertz CT molecular complexity index is 1050. The molecule has 0 bridgehead atoms. The molecule has 0 saturated heterocycles. The van der Waals surface area contributed by atoms with Crippen LogP contribution in [-0.4, -0.2) is 29.1 Å². The van der Waals surface area contributed by atoms with Crippen LogP contribution >= 0.6 is 0 Å². The number of benzene rings is 1. The number of aromatic nitrogens is 2. The zero-order valence-electron chi connectivity index (χ0n) is 17.9. The van der Waals surface area contributed by atoms with E-state index in [9.17, 15) is 9.59 Å². The molecule has 3 aromatic rings. The highest BCUT2D eigenvalue weighted by Crippen LogP contribution is 2.24. The molecule has 9 nitrogen and oxygen atoms in total. The Balaban J connectivity index is 1.52. The second kappa shape index (κ2) is 9.29. The quantitative estimate of drug-likeness (QED) is 0.554. The average Bonchev–Trinajstić information content (AvgIpc) is 3.22. The van der Waals surface area contributed by atoms with Crippen molar-refractivity contribution in [1.82, 2.24) is 20.8 Å². The highest BCUT2D eigenvalue weighted by atomic mass is 16.5. The number of carbonyl (C=O) groups excluding carboxylic acids is 2. The number of urea groups is 1. The number of nitrogens with one attached hydrogen (secondary N) is 3. The first-order chi connectivity index (χ1) is 14.7. The van der Waals surface area contributed by atoms with E-state index in [1.54, 1.807) is 37.4 Å². The van der Waals surface area contributed by atoms with Crippen LogP contribution in [0, 0.1) is 0 Å². The Kier molecular flexibility index (Phi) is 6.54. The molecule has 2 aromatic heterocycles. The number of hydrogen-bond donors (Lipinski definition) is 3. The molecule has 31 heavy (non-hydrogen) atoms. The maximum absolute atomic E-state index is 12.1. The van der Waals surface area contributed by atoms with Gasteiger partial charge >= 0.3 is 6.03 Å². The molecule has 3 rings (SSSR count). The number of rotatable bonds is 6. The van der Waals surface area contributed by atoms with Crippen molar-refractivity contribution in [3.63, 3.8) is 0 Å². The van der Waals surface area contributed by atoms with Crippen LogP contribution in [0.3, 0.4) is 0 Å². The predicted molar refractivity (Wildman–Crippen MR) is 115 cm³/mol. The molecule has 0 atom stereocenters. The first-order valence-electron chi connectivity index (χ1n) is 9.71. The summed E-state index contributed by atoms with van der Waals surface area (Å²) in [7, 11) is 1.54. The van der Waals surface area contributed by atoms with Gasteiger partial charge in [-0.2, -0.15) is 0 Å². The summed E-state index contributed by atoms with van der Waals surface area (Å²) in [6.45, 7) is 6.33. The maximum Gasteiger partial charge on any atom is 0.320 e. The van der Waals surface area contributed by atoms with Gasteiger partial charge in [0.05, 0.1) is 0 Å². The van der Waals surface area contributed by atoms with Crippen LogP contribution in [0.2, 0.25) is 0 Å². The highest BCUT2D eigenvalue weighted by Gasteiger charge is 2.20. The van der Waals surface area contributed by atoms with E-state index >= 15 is 0 Å². The van der Waals surface area contributed by atoms with Gasteiger partial charge in [0.1, 0.15) is 23.0 Å². The van der Waals surface area contributed by atoms with E-state index in [0.29, 0.717) is 29.6 Å². The van der Waals surface area contributed by atoms with E-state index in [1.807, 2.05) is 32.9 Å². The summed E-state index contributed by atoms with van der Waals surface area (Å²) in [5.41, 5.74) is 0.973. The van der Waals surface area contributed by atoms with Crippen LogP contribution in [-0.2, 0) is 12.0 Å². The Morgan fingerprint density at radius 3 is 2.45 bits per heavy atom. The van der Waals surface area contributed by atoms with Crippen LogP contribution in [0.15, 0.2) is 53.2 Å². The second-order valence-electron chi connectivity index (χ2n) is 7.84. The van der Waals surface area contributed by atoms with Crippen molar-refractivity contribution in [3.05, 3.63) is 65.7 Å². The number of pyridine rings is 1. The first kappa shape index (κ1) is 21.8. The zero-order valence-corrected chi connectivity index (χ0v) is 17.9. The topological polar surface area (TPSA) is 118 Å². The molecule has 0 aliphatic carbocycles. The summed E-state index contributed by atoms with van der Waals surface area (Å²) in [4.78, 5) is 27.8. The molecule has 0 radical (unpaired) electrons. The summed E-state index contributed by atoms with van der Waals surface area (Å²) in [5, 5.41) is 11.8. The largest absolute Gasteiger partial charge is 0.457 e. The van der Waals surface area contributed by atoms with Crippen LogP contribution in [0.25, 0.3) is 0 Å². The fourth-order valence-corrected chi connectivity index (χ4v) is 2.57. The minimum atomic E-state index is -0.382. The fourth-order valence-electron chi connectivity index (χ4n) is 2.57.